The van der Waals surface area contributed by atoms with Gasteiger partial charge in [0, 0.05) is 0 Å². The lowest BCUT2D eigenvalue weighted by atomic mass is 9.97. The van der Waals surface area contributed by atoms with Gasteiger partial charge in [-0.15, -0.1) is 0 Å². The second kappa shape index (κ2) is 8.11. The molecular formula is C23H20O2. The highest BCUT2D eigenvalue weighted by Crippen LogP contribution is 2.16. The summed E-state index contributed by atoms with van der Waals surface area (Å²) < 4.78 is 0. The van der Waals surface area contributed by atoms with Gasteiger partial charge in [0.2, 0.25) is 0 Å². The molecule has 0 saturated carbocycles. The van der Waals surface area contributed by atoms with Crippen molar-refractivity contribution in [3.8, 4) is 0 Å². The Morgan fingerprint density at radius 1 is 0.800 bits per heavy atom. The fourth-order valence-electron chi connectivity index (χ4n) is 2.80. The summed E-state index contributed by atoms with van der Waals surface area (Å²) in [6.45, 7) is 0. The Morgan fingerprint density at radius 2 is 1.44 bits per heavy atom. The van der Waals surface area contributed by atoms with Crippen molar-refractivity contribution < 1.29 is 9.90 Å². The average molecular weight is 328 g/mol. The quantitative estimate of drug-likeness (QED) is 0.672. The van der Waals surface area contributed by atoms with Crippen molar-refractivity contribution in [1.82, 2.24) is 0 Å². The van der Waals surface area contributed by atoms with Crippen molar-refractivity contribution in [3.63, 3.8) is 0 Å². The third-order valence-corrected chi connectivity index (χ3v) is 4.16. The van der Waals surface area contributed by atoms with Gasteiger partial charge in [-0.2, -0.15) is 0 Å². The van der Waals surface area contributed by atoms with Crippen LogP contribution in [0, 0.1) is 0 Å². The molecular weight excluding hydrogens is 308 g/mol. The maximum absolute atomic E-state index is 10.9. The molecule has 0 bridgehead atoms. The SMILES string of the molecule is O=C(O)c1ccc(/C=C\Cc2ccccc2Cc2ccccc2)cc1. The Hall–Kier alpha value is -3.13. The van der Waals surface area contributed by atoms with Crippen LogP contribution in [0.4, 0.5) is 0 Å². The summed E-state index contributed by atoms with van der Waals surface area (Å²) in [5.41, 5.74) is 5.27. The molecule has 0 atom stereocenters. The van der Waals surface area contributed by atoms with Crippen LogP contribution in [0.15, 0.2) is 84.9 Å². The molecule has 0 aliphatic heterocycles. The number of carboxylic acids is 1. The van der Waals surface area contributed by atoms with Gasteiger partial charge in [0.05, 0.1) is 5.56 Å². The van der Waals surface area contributed by atoms with Gasteiger partial charge in [-0.1, -0.05) is 78.9 Å². The number of rotatable bonds is 6. The lowest BCUT2D eigenvalue weighted by Gasteiger charge is -2.08. The summed E-state index contributed by atoms with van der Waals surface area (Å²) in [6, 6.07) is 25.9. The van der Waals surface area contributed by atoms with Gasteiger partial charge in [-0.25, -0.2) is 4.79 Å². The molecule has 124 valence electrons. The predicted molar refractivity (Wildman–Crippen MR) is 102 cm³/mol. The van der Waals surface area contributed by atoms with E-state index in [9.17, 15) is 4.79 Å². The fraction of sp³-hybridized carbons (Fsp3) is 0.0870. The van der Waals surface area contributed by atoms with Gasteiger partial charge >= 0.3 is 5.97 Å². The molecule has 0 unspecified atom stereocenters. The molecule has 3 rings (SSSR count). The smallest absolute Gasteiger partial charge is 0.335 e. The first-order chi connectivity index (χ1) is 12.2. The van der Waals surface area contributed by atoms with E-state index in [1.54, 1.807) is 12.1 Å². The maximum atomic E-state index is 10.9. The fourth-order valence-corrected chi connectivity index (χ4v) is 2.80. The summed E-state index contributed by atoms with van der Waals surface area (Å²) in [5.74, 6) is -0.898. The number of allylic oxidation sites excluding steroid dienone is 1. The summed E-state index contributed by atoms with van der Waals surface area (Å²) in [5, 5.41) is 8.93. The molecule has 0 aliphatic rings. The topological polar surface area (TPSA) is 37.3 Å². The normalized spacial score (nSPS) is 10.9. The van der Waals surface area contributed by atoms with E-state index in [1.807, 2.05) is 24.3 Å². The van der Waals surface area contributed by atoms with Crippen molar-refractivity contribution in [3.05, 3.63) is 113 Å². The zero-order valence-corrected chi connectivity index (χ0v) is 13.9. The van der Waals surface area contributed by atoms with Gasteiger partial charge in [0.25, 0.3) is 0 Å². The van der Waals surface area contributed by atoms with Gasteiger partial charge in [0.15, 0.2) is 0 Å². The van der Waals surface area contributed by atoms with E-state index in [-0.39, 0.29) is 0 Å². The number of carboxylic acid groups (broad SMARTS) is 1. The minimum absolute atomic E-state index is 0.311. The number of benzene rings is 3. The van der Waals surface area contributed by atoms with E-state index in [0.29, 0.717) is 5.56 Å². The first-order valence-electron chi connectivity index (χ1n) is 8.33. The lowest BCUT2D eigenvalue weighted by Crippen LogP contribution is -1.95. The first-order valence-corrected chi connectivity index (χ1v) is 8.33. The molecule has 3 aromatic rings. The van der Waals surface area contributed by atoms with Crippen LogP contribution in [-0.4, -0.2) is 11.1 Å². The minimum atomic E-state index is -0.898. The van der Waals surface area contributed by atoms with Gasteiger partial charge < -0.3 is 5.11 Å². The largest absolute Gasteiger partial charge is 0.478 e. The molecule has 0 aromatic heterocycles. The molecule has 0 amide bonds. The van der Waals surface area contributed by atoms with E-state index < -0.39 is 5.97 Å². The number of hydrogen-bond donors (Lipinski definition) is 1. The van der Waals surface area contributed by atoms with Crippen LogP contribution in [0.2, 0.25) is 0 Å². The van der Waals surface area contributed by atoms with Crippen LogP contribution in [0.5, 0.6) is 0 Å². The Balaban J connectivity index is 1.69. The van der Waals surface area contributed by atoms with Crippen molar-refractivity contribution >= 4 is 12.0 Å². The molecule has 1 N–H and O–H groups in total. The highest BCUT2D eigenvalue weighted by molar-refractivity contribution is 5.87. The van der Waals surface area contributed by atoms with Crippen LogP contribution in [0.25, 0.3) is 6.08 Å². The van der Waals surface area contributed by atoms with E-state index in [2.05, 4.69) is 54.6 Å². The Morgan fingerprint density at radius 3 is 2.12 bits per heavy atom. The van der Waals surface area contributed by atoms with E-state index >= 15 is 0 Å². The molecule has 0 radical (unpaired) electrons. The van der Waals surface area contributed by atoms with Crippen LogP contribution in [0.3, 0.4) is 0 Å². The second-order valence-corrected chi connectivity index (χ2v) is 5.96. The molecule has 0 aliphatic carbocycles. The van der Waals surface area contributed by atoms with Crippen LogP contribution in [0.1, 0.15) is 32.6 Å². The van der Waals surface area contributed by atoms with Gasteiger partial charge in [-0.05, 0) is 47.2 Å². The highest BCUT2D eigenvalue weighted by atomic mass is 16.4. The van der Waals surface area contributed by atoms with Crippen molar-refractivity contribution in [2.45, 2.75) is 12.8 Å². The van der Waals surface area contributed by atoms with E-state index in [4.69, 9.17) is 5.11 Å². The molecule has 0 fully saturated rings. The van der Waals surface area contributed by atoms with Gasteiger partial charge in [-0.3, -0.25) is 0 Å². The molecule has 0 saturated heterocycles. The molecule has 2 nitrogen and oxygen atoms in total. The lowest BCUT2D eigenvalue weighted by molar-refractivity contribution is 0.0697. The number of aromatic carboxylic acids is 1. The molecule has 0 spiro atoms. The predicted octanol–water partition coefficient (Wildman–Crippen LogP) is 5.23. The summed E-state index contributed by atoms with van der Waals surface area (Å²) in [7, 11) is 0. The monoisotopic (exact) mass is 328 g/mol. The second-order valence-electron chi connectivity index (χ2n) is 5.96. The number of hydrogen-bond acceptors (Lipinski definition) is 1. The first kappa shape index (κ1) is 16.7. The Labute approximate surface area is 148 Å². The minimum Gasteiger partial charge on any atom is -0.478 e. The third kappa shape index (κ3) is 4.67. The third-order valence-electron chi connectivity index (χ3n) is 4.16. The summed E-state index contributed by atoms with van der Waals surface area (Å²) in [4.78, 5) is 10.9. The van der Waals surface area contributed by atoms with E-state index in [0.717, 1.165) is 18.4 Å². The molecule has 3 aromatic carbocycles. The van der Waals surface area contributed by atoms with Crippen molar-refractivity contribution in [2.24, 2.45) is 0 Å². The zero-order chi connectivity index (χ0) is 17.5. The standard InChI is InChI=1S/C23H20O2/c24-23(25)21-15-13-18(14-16-21)9-6-12-20-10-4-5-11-22(20)17-19-7-2-1-3-8-19/h1-11,13-16H,12,17H2,(H,24,25)/b9-6-. The summed E-state index contributed by atoms with van der Waals surface area (Å²) >= 11 is 0. The molecule has 25 heavy (non-hydrogen) atoms. The van der Waals surface area contributed by atoms with Gasteiger partial charge in [0.1, 0.15) is 0 Å². The number of carbonyl (C=O) groups is 1. The van der Waals surface area contributed by atoms with Crippen LogP contribution >= 0.6 is 0 Å². The average Bonchev–Trinajstić information content (AvgIpc) is 2.64. The maximum Gasteiger partial charge on any atom is 0.335 e. The molecule has 2 heteroatoms. The summed E-state index contributed by atoms with van der Waals surface area (Å²) in [6.07, 6.45) is 5.94. The van der Waals surface area contributed by atoms with Crippen molar-refractivity contribution in [2.75, 3.05) is 0 Å². The Kier molecular flexibility index (Phi) is 5.43. The molecule has 0 heterocycles. The highest BCUT2D eigenvalue weighted by Gasteiger charge is 2.02. The zero-order valence-electron chi connectivity index (χ0n) is 13.9. The van der Waals surface area contributed by atoms with Crippen molar-refractivity contribution in [1.29, 1.82) is 0 Å². The Bertz CT molecular complexity index is 862. The van der Waals surface area contributed by atoms with Crippen LogP contribution < -0.4 is 0 Å². The van der Waals surface area contributed by atoms with E-state index in [1.165, 1.54) is 16.7 Å². The van der Waals surface area contributed by atoms with Crippen LogP contribution in [-0.2, 0) is 12.8 Å².